The standard InChI is InChI=1S/C9H15BO/c1-9(2)4-3-8(10)7(5-9)6-11/h6H,3-5,10H2,1-2H3. The molecule has 0 fully saturated rings. The first kappa shape index (κ1) is 8.57. The summed E-state index contributed by atoms with van der Waals surface area (Å²) in [5.74, 6) is 0. The zero-order valence-corrected chi connectivity index (χ0v) is 7.61. The highest BCUT2D eigenvalue weighted by Crippen LogP contribution is 2.36. The van der Waals surface area contributed by atoms with Crippen LogP contribution in [0.4, 0.5) is 0 Å². The van der Waals surface area contributed by atoms with Gasteiger partial charge < -0.3 is 0 Å². The molecule has 0 atom stereocenters. The van der Waals surface area contributed by atoms with Gasteiger partial charge in [-0.05, 0) is 30.3 Å². The van der Waals surface area contributed by atoms with E-state index < -0.39 is 0 Å². The van der Waals surface area contributed by atoms with Crippen LogP contribution in [0.2, 0.25) is 0 Å². The molecule has 0 unspecified atom stereocenters. The van der Waals surface area contributed by atoms with Crippen LogP contribution >= 0.6 is 0 Å². The van der Waals surface area contributed by atoms with Gasteiger partial charge in [-0.3, -0.25) is 4.79 Å². The van der Waals surface area contributed by atoms with Crippen LogP contribution in [0, 0.1) is 5.41 Å². The van der Waals surface area contributed by atoms with E-state index in [4.69, 9.17) is 0 Å². The van der Waals surface area contributed by atoms with Gasteiger partial charge in [0.05, 0.1) is 0 Å². The van der Waals surface area contributed by atoms with Crippen LogP contribution in [0.3, 0.4) is 0 Å². The van der Waals surface area contributed by atoms with E-state index in [1.54, 1.807) is 0 Å². The molecule has 1 aliphatic carbocycles. The van der Waals surface area contributed by atoms with Crippen LogP contribution in [-0.2, 0) is 4.79 Å². The third-order valence-corrected chi connectivity index (χ3v) is 2.54. The Hall–Kier alpha value is -0.525. The van der Waals surface area contributed by atoms with E-state index in [0.717, 1.165) is 24.7 Å². The number of carbonyl (C=O) groups excluding carboxylic acids is 1. The molecule has 1 rings (SSSR count). The van der Waals surface area contributed by atoms with Crippen molar-refractivity contribution in [2.75, 3.05) is 0 Å². The Morgan fingerprint density at radius 3 is 2.64 bits per heavy atom. The number of allylic oxidation sites excluding steroid dienone is 2. The quantitative estimate of drug-likeness (QED) is 0.406. The van der Waals surface area contributed by atoms with E-state index in [1.807, 2.05) is 0 Å². The summed E-state index contributed by atoms with van der Waals surface area (Å²) in [4.78, 5) is 10.6. The molecular formula is C9H15BO. The summed E-state index contributed by atoms with van der Waals surface area (Å²) in [5.41, 5.74) is 2.66. The molecule has 0 spiro atoms. The Balaban J connectivity index is 2.81. The lowest BCUT2D eigenvalue weighted by molar-refractivity contribution is -0.105. The number of carbonyl (C=O) groups is 1. The van der Waals surface area contributed by atoms with Gasteiger partial charge in [-0.15, -0.1) is 5.47 Å². The van der Waals surface area contributed by atoms with Crippen LogP contribution in [0.5, 0.6) is 0 Å². The predicted molar refractivity (Wildman–Crippen MR) is 49.3 cm³/mol. The fourth-order valence-corrected chi connectivity index (χ4v) is 1.58. The first-order valence-electron chi connectivity index (χ1n) is 4.19. The smallest absolute Gasteiger partial charge is 0.145 e. The predicted octanol–water partition coefficient (Wildman–Crippen LogP) is 1.28. The van der Waals surface area contributed by atoms with E-state index in [1.165, 1.54) is 11.9 Å². The van der Waals surface area contributed by atoms with Crippen molar-refractivity contribution in [2.45, 2.75) is 33.1 Å². The zero-order chi connectivity index (χ0) is 8.48. The molecule has 0 amide bonds. The molecule has 0 N–H and O–H groups in total. The molecule has 1 nitrogen and oxygen atoms in total. The Labute approximate surface area is 69.3 Å². The second-order valence-corrected chi connectivity index (χ2v) is 4.26. The largest absolute Gasteiger partial charge is 0.298 e. The minimum Gasteiger partial charge on any atom is -0.298 e. The van der Waals surface area contributed by atoms with Gasteiger partial charge in [0.25, 0.3) is 0 Å². The Kier molecular flexibility index (Phi) is 2.21. The van der Waals surface area contributed by atoms with Crippen molar-refractivity contribution in [1.82, 2.24) is 0 Å². The third kappa shape index (κ3) is 1.95. The van der Waals surface area contributed by atoms with Crippen molar-refractivity contribution < 1.29 is 4.79 Å². The summed E-state index contributed by atoms with van der Waals surface area (Å²) < 4.78 is 0. The Bertz CT molecular complexity index is 204. The van der Waals surface area contributed by atoms with Gasteiger partial charge in [0.15, 0.2) is 0 Å². The Morgan fingerprint density at radius 2 is 2.18 bits per heavy atom. The van der Waals surface area contributed by atoms with Gasteiger partial charge in [0.2, 0.25) is 0 Å². The van der Waals surface area contributed by atoms with Gasteiger partial charge >= 0.3 is 0 Å². The van der Waals surface area contributed by atoms with Crippen LogP contribution in [0.25, 0.3) is 0 Å². The Morgan fingerprint density at radius 1 is 1.55 bits per heavy atom. The van der Waals surface area contributed by atoms with Crippen molar-refractivity contribution in [3.63, 3.8) is 0 Å². The van der Waals surface area contributed by atoms with Crippen LogP contribution in [0.1, 0.15) is 33.1 Å². The zero-order valence-electron chi connectivity index (χ0n) is 7.61. The summed E-state index contributed by atoms with van der Waals surface area (Å²) >= 11 is 0. The molecule has 0 radical (unpaired) electrons. The van der Waals surface area contributed by atoms with E-state index in [0.29, 0.717) is 5.41 Å². The highest BCUT2D eigenvalue weighted by Gasteiger charge is 2.24. The normalized spacial score (nSPS) is 23.5. The number of hydrogen-bond donors (Lipinski definition) is 0. The first-order chi connectivity index (χ1) is 5.05. The highest BCUT2D eigenvalue weighted by molar-refractivity contribution is 6.23. The molecule has 11 heavy (non-hydrogen) atoms. The summed E-state index contributed by atoms with van der Waals surface area (Å²) in [5, 5.41) is 0. The average Bonchev–Trinajstić information content (AvgIpc) is 1.94. The van der Waals surface area contributed by atoms with E-state index >= 15 is 0 Å². The SMILES string of the molecule is BC1=C(C=O)CC(C)(C)CC1. The fraction of sp³-hybridized carbons (Fsp3) is 0.667. The summed E-state index contributed by atoms with van der Waals surface area (Å²) in [7, 11) is 2.07. The van der Waals surface area contributed by atoms with Gasteiger partial charge in [0.1, 0.15) is 14.1 Å². The molecule has 0 heterocycles. The van der Waals surface area contributed by atoms with Crippen LogP contribution in [-0.4, -0.2) is 14.1 Å². The maximum absolute atomic E-state index is 10.6. The van der Waals surface area contributed by atoms with Crippen molar-refractivity contribution in [2.24, 2.45) is 5.41 Å². The van der Waals surface area contributed by atoms with Gasteiger partial charge in [-0.2, -0.15) is 0 Å². The molecule has 0 bridgehead atoms. The minimum absolute atomic E-state index is 0.343. The second kappa shape index (κ2) is 2.84. The minimum atomic E-state index is 0.343. The van der Waals surface area contributed by atoms with Crippen molar-refractivity contribution >= 4 is 14.1 Å². The fourth-order valence-electron chi connectivity index (χ4n) is 1.58. The van der Waals surface area contributed by atoms with Gasteiger partial charge in [-0.25, -0.2) is 0 Å². The monoisotopic (exact) mass is 150 g/mol. The van der Waals surface area contributed by atoms with Crippen LogP contribution < -0.4 is 0 Å². The van der Waals surface area contributed by atoms with E-state index in [9.17, 15) is 4.79 Å². The maximum Gasteiger partial charge on any atom is 0.145 e. The topological polar surface area (TPSA) is 17.1 Å². The summed E-state index contributed by atoms with van der Waals surface area (Å²) in [6.07, 6.45) is 4.30. The molecule has 0 aromatic heterocycles. The second-order valence-electron chi connectivity index (χ2n) is 4.26. The average molecular weight is 150 g/mol. The lowest BCUT2D eigenvalue weighted by atomic mass is 9.70. The molecule has 0 aliphatic heterocycles. The highest BCUT2D eigenvalue weighted by atomic mass is 16.1. The lowest BCUT2D eigenvalue weighted by Gasteiger charge is -2.30. The van der Waals surface area contributed by atoms with E-state index in [-0.39, 0.29) is 0 Å². The number of hydrogen-bond acceptors (Lipinski definition) is 1. The van der Waals surface area contributed by atoms with Crippen LogP contribution in [0.15, 0.2) is 11.0 Å². The van der Waals surface area contributed by atoms with Crippen molar-refractivity contribution in [3.05, 3.63) is 11.0 Å². The number of aldehydes is 1. The molecule has 2 heteroatoms. The molecule has 0 saturated heterocycles. The third-order valence-electron chi connectivity index (χ3n) is 2.54. The molecular weight excluding hydrogens is 135 g/mol. The first-order valence-corrected chi connectivity index (χ1v) is 4.19. The molecule has 1 aliphatic rings. The van der Waals surface area contributed by atoms with Gasteiger partial charge in [-0.1, -0.05) is 13.8 Å². The summed E-state index contributed by atoms with van der Waals surface area (Å²) in [6.45, 7) is 4.45. The maximum atomic E-state index is 10.6. The molecule has 0 aromatic carbocycles. The van der Waals surface area contributed by atoms with Crippen molar-refractivity contribution in [3.8, 4) is 0 Å². The molecule has 60 valence electrons. The van der Waals surface area contributed by atoms with E-state index in [2.05, 4.69) is 21.7 Å². The van der Waals surface area contributed by atoms with Gasteiger partial charge in [0, 0.05) is 0 Å². The number of rotatable bonds is 1. The summed E-state index contributed by atoms with van der Waals surface area (Å²) in [6, 6.07) is 0. The van der Waals surface area contributed by atoms with Crippen molar-refractivity contribution in [1.29, 1.82) is 0 Å². The lowest BCUT2D eigenvalue weighted by Crippen LogP contribution is -2.19. The molecule has 0 aromatic rings. The molecule has 0 saturated carbocycles.